The maximum atomic E-state index is 6.75. The van der Waals surface area contributed by atoms with Crippen LogP contribution in [0.1, 0.15) is 0 Å². The number of rotatable bonds is 4. The first-order valence-corrected chi connectivity index (χ1v) is 13.9. The molecule has 0 atom stereocenters. The molecule has 4 aromatic carbocycles. The van der Waals surface area contributed by atoms with Crippen molar-refractivity contribution in [3.8, 4) is 0 Å². The molecule has 0 N–H and O–H groups in total. The minimum absolute atomic E-state index is 0. The fourth-order valence-electron chi connectivity index (χ4n) is 3.50. The zero-order valence-corrected chi connectivity index (χ0v) is 23.7. The Bertz CT molecular complexity index is 1090. The molecular formula is C24H20AsAuN12. The van der Waals surface area contributed by atoms with E-state index in [0.29, 0.717) is 0 Å². The molecular weight excluding hydrogens is 728 g/mol. The second kappa shape index (κ2) is 22.9. The van der Waals surface area contributed by atoms with Crippen LogP contribution in [0.15, 0.2) is 121 Å². The van der Waals surface area contributed by atoms with Gasteiger partial charge in [-0.25, -0.2) is 0 Å². The summed E-state index contributed by atoms with van der Waals surface area (Å²) < 4.78 is 5.79. The zero-order chi connectivity index (χ0) is 27.8. The molecule has 4 rings (SSSR count). The van der Waals surface area contributed by atoms with E-state index in [1.165, 1.54) is 37.1 Å². The number of benzene rings is 4. The van der Waals surface area contributed by atoms with Crippen LogP contribution < -0.4 is 17.4 Å². The average molecular weight is 748 g/mol. The van der Waals surface area contributed by atoms with E-state index in [2.05, 4.69) is 121 Å². The molecule has 0 aromatic heterocycles. The van der Waals surface area contributed by atoms with Gasteiger partial charge in [0.15, 0.2) is 0 Å². The molecule has 0 spiro atoms. The van der Waals surface area contributed by atoms with Crippen molar-refractivity contribution in [3.63, 3.8) is 0 Å². The molecule has 0 fully saturated rings. The Labute approximate surface area is 237 Å². The topological polar surface area (TPSA) is 235 Å². The first-order valence-electron chi connectivity index (χ1n) is 10.1. The molecule has 0 saturated heterocycles. The van der Waals surface area contributed by atoms with Crippen LogP contribution in [-0.2, 0) is 22.4 Å². The van der Waals surface area contributed by atoms with Crippen molar-refractivity contribution in [2.45, 2.75) is 0 Å². The summed E-state index contributed by atoms with van der Waals surface area (Å²) in [5, 5.41) is 0. The Morgan fingerprint density at radius 2 is 0.447 bits per heavy atom. The van der Waals surface area contributed by atoms with Gasteiger partial charge in [0.25, 0.3) is 0 Å². The maximum absolute atomic E-state index is 6.75. The van der Waals surface area contributed by atoms with Gasteiger partial charge >= 0.3 is 175 Å². The summed E-state index contributed by atoms with van der Waals surface area (Å²) >= 11 is -2.77. The first-order chi connectivity index (χ1) is 18.1. The number of nitrogens with zero attached hydrogens (tertiary/aromatic N) is 12. The van der Waals surface area contributed by atoms with E-state index in [1.54, 1.807) is 0 Å². The molecule has 0 amide bonds. The molecule has 0 aliphatic carbocycles. The van der Waals surface area contributed by atoms with Crippen molar-refractivity contribution in [1.29, 1.82) is 0 Å². The predicted molar refractivity (Wildman–Crippen MR) is 150 cm³/mol. The van der Waals surface area contributed by atoms with Crippen LogP contribution in [0.25, 0.3) is 63.9 Å². The summed E-state index contributed by atoms with van der Waals surface area (Å²) in [7, 11) is 0. The molecule has 0 aliphatic rings. The van der Waals surface area contributed by atoms with Crippen LogP contribution in [0.3, 0.4) is 0 Å². The van der Waals surface area contributed by atoms with Gasteiger partial charge in [-0.2, -0.15) is 0 Å². The molecule has 4 aromatic rings. The summed E-state index contributed by atoms with van der Waals surface area (Å²) in [6.07, 6.45) is 0. The Kier molecular flexibility index (Phi) is 21.4. The van der Waals surface area contributed by atoms with Gasteiger partial charge in [0, 0.05) is 0 Å². The Morgan fingerprint density at radius 3 is 0.579 bits per heavy atom. The van der Waals surface area contributed by atoms with Gasteiger partial charge in [-0.05, 0) is 0 Å². The number of hydrogen-bond acceptors (Lipinski definition) is 0. The summed E-state index contributed by atoms with van der Waals surface area (Å²) in [6.45, 7) is 0. The van der Waals surface area contributed by atoms with Crippen molar-refractivity contribution < 1.29 is 22.4 Å². The van der Waals surface area contributed by atoms with Crippen LogP contribution in [0.2, 0.25) is 0 Å². The number of hydrogen-bond donors (Lipinski definition) is 0. The molecule has 192 valence electrons. The Hall–Kier alpha value is -4.58. The average Bonchev–Trinajstić information content (AvgIpc) is 2.94. The van der Waals surface area contributed by atoms with Crippen LogP contribution in [0.4, 0.5) is 0 Å². The normalized spacial score (nSPS) is 8.21. The van der Waals surface area contributed by atoms with Crippen molar-refractivity contribution in [3.05, 3.63) is 185 Å². The standard InChI is InChI=1S/C24H20As.Au.4N3/c1-5-13-21(14-6-1)25(22-15-7-2-8-16-22,23-17-9-3-10-18-23)24-19-11-4-12-20-24;;4*1-3-2/h1-20H;;;;;/q+1;+3;4*-1. The quantitative estimate of drug-likeness (QED) is 0.0938. The van der Waals surface area contributed by atoms with Gasteiger partial charge in [-0.15, -0.1) is 0 Å². The fourth-order valence-corrected chi connectivity index (χ4v) is 12.5. The van der Waals surface area contributed by atoms with E-state index >= 15 is 0 Å². The molecule has 14 heteroatoms. The molecule has 0 radical (unpaired) electrons. The molecule has 0 saturated carbocycles. The van der Waals surface area contributed by atoms with Crippen molar-refractivity contribution in [2.75, 3.05) is 0 Å². The van der Waals surface area contributed by atoms with Gasteiger partial charge in [-0.1, -0.05) is 0 Å². The Morgan fingerprint density at radius 1 is 0.316 bits per heavy atom. The summed E-state index contributed by atoms with van der Waals surface area (Å²) in [4.78, 5) is 6.00. The Balaban J connectivity index is 0. The van der Waals surface area contributed by atoms with E-state index in [4.69, 9.17) is 44.2 Å². The SMILES string of the molecule is [Au+3].[N-]=[N+]=[N-].[N-]=[N+]=[N-].[N-]=[N+]=[N-].[N-]=[N+]=[N-].c1ccc([As+](c2ccccc2)(c2ccccc2)c2ccccc2)cc1. The van der Waals surface area contributed by atoms with Crippen molar-refractivity contribution >= 4 is 31.0 Å². The minimum atomic E-state index is -2.77. The van der Waals surface area contributed by atoms with Gasteiger partial charge < -0.3 is 44.2 Å². The van der Waals surface area contributed by atoms with E-state index in [9.17, 15) is 0 Å². The van der Waals surface area contributed by atoms with Gasteiger partial charge in [0.2, 0.25) is 0 Å². The van der Waals surface area contributed by atoms with Crippen LogP contribution >= 0.6 is 0 Å². The third-order valence-corrected chi connectivity index (χ3v) is 13.6. The van der Waals surface area contributed by atoms with Gasteiger partial charge in [-0.3, -0.25) is 19.6 Å². The van der Waals surface area contributed by atoms with Crippen molar-refractivity contribution in [1.82, 2.24) is 0 Å². The second-order valence-corrected chi connectivity index (χ2v) is 13.5. The van der Waals surface area contributed by atoms with E-state index < -0.39 is 13.6 Å². The summed E-state index contributed by atoms with van der Waals surface area (Å²) in [6, 6.07) is 44.2. The third-order valence-electron chi connectivity index (χ3n) is 4.57. The summed E-state index contributed by atoms with van der Waals surface area (Å²) in [5.41, 5.74) is 54.0. The zero-order valence-electron chi connectivity index (χ0n) is 19.7. The predicted octanol–water partition coefficient (Wildman–Crippen LogP) is 6.53. The molecule has 0 heterocycles. The monoisotopic (exact) mass is 748 g/mol. The van der Waals surface area contributed by atoms with Crippen LogP contribution in [0.5, 0.6) is 0 Å². The van der Waals surface area contributed by atoms with Crippen LogP contribution in [-0.4, -0.2) is 13.6 Å². The fraction of sp³-hybridized carbons (Fsp3) is 0. The van der Waals surface area contributed by atoms with Crippen molar-refractivity contribution in [2.24, 2.45) is 0 Å². The molecule has 38 heavy (non-hydrogen) atoms. The first kappa shape index (κ1) is 35.6. The van der Waals surface area contributed by atoms with Gasteiger partial charge in [0.05, 0.1) is 0 Å². The third kappa shape index (κ3) is 11.0. The van der Waals surface area contributed by atoms with Crippen LogP contribution in [0, 0.1) is 0 Å². The second-order valence-electron chi connectivity index (χ2n) is 6.37. The van der Waals surface area contributed by atoms with E-state index in [0.717, 1.165) is 0 Å². The summed E-state index contributed by atoms with van der Waals surface area (Å²) in [5.74, 6) is 0. The molecule has 0 aliphatic heterocycles. The molecule has 0 bridgehead atoms. The molecule has 0 unspecified atom stereocenters. The van der Waals surface area contributed by atoms with Gasteiger partial charge in [0.1, 0.15) is 0 Å². The molecule has 12 nitrogen and oxygen atoms in total. The van der Waals surface area contributed by atoms with E-state index in [1.807, 2.05) is 0 Å². The van der Waals surface area contributed by atoms with E-state index in [-0.39, 0.29) is 22.4 Å².